The van der Waals surface area contributed by atoms with E-state index in [0.29, 0.717) is 24.5 Å². The minimum Gasteiger partial charge on any atom is -0.490 e. The molecule has 10 heteroatoms. The van der Waals surface area contributed by atoms with Crippen molar-refractivity contribution < 1.29 is 19.0 Å². The highest BCUT2D eigenvalue weighted by molar-refractivity contribution is 5.89. The highest BCUT2D eigenvalue weighted by Crippen LogP contribution is 2.32. The van der Waals surface area contributed by atoms with E-state index in [4.69, 9.17) is 25.3 Å². The topological polar surface area (TPSA) is 111 Å². The van der Waals surface area contributed by atoms with Gasteiger partial charge in [0.15, 0.2) is 5.82 Å². The maximum Gasteiger partial charge on any atom is 0.250 e. The Kier molecular flexibility index (Phi) is 6.30. The first kappa shape index (κ1) is 22.8. The second-order valence-electron chi connectivity index (χ2n) is 8.22. The number of aliphatic hydroxyl groups excluding tert-OH is 1. The molecule has 9 nitrogen and oxygen atoms in total. The first-order chi connectivity index (χ1) is 17.1. The molecule has 0 bridgehead atoms. The van der Waals surface area contributed by atoms with Crippen LogP contribution in [0, 0.1) is 5.82 Å². The van der Waals surface area contributed by atoms with Gasteiger partial charge in [0.2, 0.25) is 5.88 Å². The summed E-state index contributed by atoms with van der Waals surface area (Å²) >= 11 is 0. The van der Waals surface area contributed by atoms with Gasteiger partial charge in [0.05, 0.1) is 43.0 Å². The van der Waals surface area contributed by atoms with Gasteiger partial charge in [0.1, 0.15) is 12.4 Å². The lowest BCUT2D eigenvalue weighted by atomic mass is 10.1. The average molecular weight is 477 g/mol. The maximum atomic E-state index is 14.0. The van der Waals surface area contributed by atoms with Gasteiger partial charge in [-0.1, -0.05) is 12.1 Å². The van der Waals surface area contributed by atoms with Crippen molar-refractivity contribution in [3.63, 3.8) is 0 Å². The molecule has 5 heterocycles. The van der Waals surface area contributed by atoms with Crippen LogP contribution < -0.4 is 15.2 Å². The highest BCUT2D eigenvalue weighted by Gasteiger charge is 2.18. The number of pyridine rings is 3. The minimum atomic E-state index is -0.464. The molecular formula is C25H25FN6O3. The van der Waals surface area contributed by atoms with Crippen LogP contribution in [0.5, 0.6) is 11.6 Å². The molecule has 0 aliphatic carbocycles. The molecule has 0 fully saturated rings. The van der Waals surface area contributed by atoms with E-state index in [9.17, 15) is 4.39 Å². The standard InChI is InChI=1S/C25H25FN6O3/c1-34-25-21(26)8-16(10-29-25)13-31-5-4-18(14-31)23-3-2-17(11-28-23)20-9-19(35-7-6-33)15-32-24(20)22(27)12-30-32/h2-4,8-12,15,33H,5-7,13-14,27H2,1H3. The number of nitrogen functional groups attached to an aromatic ring is 1. The fraction of sp³-hybridized carbons (Fsp3) is 0.240. The number of methoxy groups -OCH3 is 1. The van der Waals surface area contributed by atoms with E-state index in [1.165, 1.54) is 13.2 Å². The van der Waals surface area contributed by atoms with E-state index < -0.39 is 5.82 Å². The third-order valence-corrected chi connectivity index (χ3v) is 5.83. The van der Waals surface area contributed by atoms with Crippen LogP contribution in [0.2, 0.25) is 0 Å². The van der Waals surface area contributed by atoms with Crippen molar-refractivity contribution in [2.45, 2.75) is 6.54 Å². The van der Waals surface area contributed by atoms with Crippen molar-refractivity contribution in [3.05, 3.63) is 72.2 Å². The molecule has 0 radical (unpaired) electrons. The number of hydrogen-bond donors (Lipinski definition) is 2. The Morgan fingerprint density at radius 1 is 1.17 bits per heavy atom. The van der Waals surface area contributed by atoms with Crippen molar-refractivity contribution in [2.24, 2.45) is 0 Å². The second kappa shape index (κ2) is 9.69. The maximum absolute atomic E-state index is 14.0. The molecule has 0 amide bonds. The van der Waals surface area contributed by atoms with Gasteiger partial charge in [0, 0.05) is 43.2 Å². The number of hydrogen-bond acceptors (Lipinski definition) is 8. The Morgan fingerprint density at radius 3 is 2.80 bits per heavy atom. The Labute approximate surface area is 201 Å². The van der Waals surface area contributed by atoms with Crippen LogP contribution in [0.1, 0.15) is 11.3 Å². The van der Waals surface area contributed by atoms with E-state index in [2.05, 4.69) is 21.1 Å². The van der Waals surface area contributed by atoms with Crippen LogP contribution in [0.25, 0.3) is 22.2 Å². The van der Waals surface area contributed by atoms with Crippen LogP contribution in [0.4, 0.5) is 10.1 Å². The second-order valence-corrected chi connectivity index (χ2v) is 8.22. The van der Waals surface area contributed by atoms with Crippen LogP contribution in [-0.2, 0) is 6.54 Å². The number of aromatic nitrogens is 4. The van der Waals surface area contributed by atoms with Crippen molar-refractivity contribution in [1.29, 1.82) is 0 Å². The lowest BCUT2D eigenvalue weighted by molar-refractivity contribution is 0.201. The SMILES string of the molecule is COc1ncc(CN2CC=C(c3ccc(-c4cc(OCCO)cn5ncc(N)c45)cn3)C2)cc1F. The Hall–Kier alpha value is -4.02. The average Bonchev–Trinajstić information content (AvgIpc) is 3.49. The van der Waals surface area contributed by atoms with Gasteiger partial charge < -0.3 is 20.3 Å². The Balaban J connectivity index is 1.33. The monoisotopic (exact) mass is 476 g/mol. The lowest BCUT2D eigenvalue weighted by Crippen LogP contribution is -2.20. The molecule has 0 unspecified atom stereocenters. The number of aliphatic hydroxyl groups is 1. The normalized spacial score (nSPS) is 13.9. The number of fused-ring (bicyclic) bond motifs is 1. The highest BCUT2D eigenvalue weighted by atomic mass is 19.1. The molecule has 0 spiro atoms. The number of halogens is 1. The van der Waals surface area contributed by atoms with Gasteiger partial charge in [-0.3, -0.25) is 9.88 Å². The molecule has 1 aliphatic heterocycles. The summed E-state index contributed by atoms with van der Waals surface area (Å²) in [5, 5.41) is 13.4. The van der Waals surface area contributed by atoms with Crippen molar-refractivity contribution in [3.8, 4) is 22.8 Å². The van der Waals surface area contributed by atoms with Crippen LogP contribution in [0.3, 0.4) is 0 Å². The summed E-state index contributed by atoms with van der Waals surface area (Å²) in [7, 11) is 1.40. The van der Waals surface area contributed by atoms with E-state index in [1.807, 2.05) is 18.2 Å². The van der Waals surface area contributed by atoms with Gasteiger partial charge in [-0.25, -0.2) is 13.9 Å². The quantitative estimate of drug-likeness (QED) is 0.399. The molecule has 4 aromatic rings. The molecule has 3 N–H and O–H groups in total. The number of rotatable bonds is 8. The van der Waals surface area contributed by atoms with Gasteiger partial charge in [0.25, 0.3) is 0 Å². The van der Waals surface area contributed by atoms with Crippen LogP contribution in [-0.4, -0.2) is 63.0 Å². The third kappa shape index (κ3) is 4.66. The van der Waals surface area contributed by atoms with Gasteiger partial charge in [-0.2, -0.15) is 5.10 Å². The lowest BCUT2D eigenvalue weighted by Gasteiger charge is -2.16. The van der Waals surface area contributed by atoms with E-state index in [-0.39, 0.29) is 19.1 Å². The Morgan fingerprint density at radius 2 is 2.06 bits per heavy atom. The predicted molar refractivity (Wildman–Crippen MR) is 129 cm³/mol. The summed E-state index contributed by atoms with van der Waals surface area (Å²) in [6, 6.07) is 7.30. The number of ether oxygens (including phenoxy) is 2. The number of anilines is 1. The van der Waals surface area contributed by atoms with Gasteiger partial charge >= 0.3 is 0 Å². The van der Waals surface area contributed by atoms with E-state index in [0.717, 1.165) is 40.0 Å². The molecule has 0 saturated heterocycles. The molecule has 0 aromatic carbocycles. The zero-order chi connectivity index (χ0) is 24.4. The molecule has 180 valence electrons. The zero-order valence-corrected chi connectivity index (χ0v) is 19.2. The molecule has 0 saturated carbocycles. The fourth-order valence-electron chi connectivity index (χ4n) is 4.20. The molecule has 4 aromatic heterocycles. The summed E-state index contributed by atoms with van der Waals surface area (Å²) in [5.74, 6) is 0.111. The molecular weight excluding hydrogens is 451 g/mol. The zero-order valence-electron chi connectivity index (χ0n) is 19.2. The first-order valence-electron chi connectivity index (χ1n) is 11.1. The van der Waals surface area contributed by atoms with Crippen molar-refractivity contribution >= 4 is 16.8 Å². The summed E-state index contributed by atoms with van der Waals surface area (Å²) in [5.41, 5.74) is 12.0. The summed E-state index contributed by atoms with van der Waals surface area (Å²) < 4.78 is 26.1. The van der Waals surface area contributed by atoms with Crippen LogP contribution in [0.15, 0.2) is 55.1 Å². The largest absolute Gasteiger partial charge is 0.490 e. The van der Waals surface area contributed by atoms with E-state index >= 15 is 0 Å². The predicted octanol–water partition coefficient (Wildman–Crippen LogP) is 2.79. The summed E-state index contributed by atoms with van der Waals surface area (Å²) in [4.78, 5) is 10.9. The van der Waals surface area contributed by atoms with Crippen molar-refractivity contribution in [1.82, 2.24) is 24.5 Å². The smallest absolute Gasteiger partial charge is 0.250 e. The van der Waals surface area contributed by atoms with Gasteiger partial charge in [-0.05, 0) is 29.3 Å². The van der Waals surface area contributed by atoms with Crippen LogP contribution >= 0.6 is 0 Å². The summed E-state index contributed by atoms with van der Waals surface area (Å²) in [6.07, 6.45) is 8.90. The number of nitrogens with two attached hydrogens (primary N) is 1. The van der Waals surface area contributed by atoms with E-state index in [1.54, 1.807) is 29.3 Å². The molecule has 0 atom stereocenters. The van der Waals surface area contributed by atoms with Crippen molar-refractivity contribution in [2.75, 3.05) is 39.1 Å². The summed E-state index contributed by atoms with van der Waals surface area (Å²) in [6.45, 7) is 2.11. The third-order valence-electron chi connectivity index (χ3n) is 5.83. The first-order valence-corrected chi connectivity index (χ1v) is 11.1. The van der Waals surface area contributed by atoms with Gasteiger partial charge in [-0.15, -0.1) is 0 Å². The minimum absolute atomic E-state index is 0.00117. The molecule has 5 rings (SSSR count). The molecule has 35 heavy (non-hydrogen) atoms. The number of nitrogens with zero attached hydrogens (tertiary/aromatic N) is 5. The molecule has 1 aliphatic rings. The Bertz CT molecular complexity index is 1390. The fourth-order valence-corrected chi connectivity index (χ4v) is 4.20.